The maximum absolute atomic E-state index is 12.8. The monoisotopic (exact) mass is 293 g/mol. The largest absolute Gasteiger partial charge is 0.299 e. The Morgan fingerprint density at radius 3 is 1.45 bits per heavy atom. The van der Waals surface area contributed by atoms with E-state index in [9.17, 15) is 4.79 Å². The summed E-state index contributed by atoms with van der Waals surface area (Å²) < 4.78 is 0. The first kappa shape index (κ1) is 15.0. The van der Waals surface area contributed by atoms with Crippen molar-refractivity contribution in [2.24, 2.45) is 11.8 Å². The summed E-state index contributed by atoms with van der Waals surface area (Å²) in [5, 5.41) is 0. The molecule has 1 aliphatic rings. The third-order valence-electron chi connectivity index (χ3n) is 5.00. The van der Waals surface area contributed by atoms with Crippen LogP contribution in [0.2, 0.25) is 0 Å². The fraction of sp³-hybridized carbons (Fsp3) is 0.350. The van der Waals surface area contributed by atoms with Crippen molar-refractivity contribution < 1.29 is 4.79 Å². The second-order valence-electron chi connectivity index (χ2n) is 6.36. The summed E-state index contributed by atoms with van der Waals surface area (Å²) in [6, 6.07) is 21.0. The van der Waals surface area contributed by atoms with Crippen LogP contribution in [0.4, 0.5) is 0 Å². The van der Waals surface area contributed by atoms with E-state index in [-0.39, 0.29) is 23.9 Å². The maximum Gasteiger partial charge on any atom is 0.142 e. The first-order chi connectivity index (χ1) is 10.6. The number of nitrogens with zero attached hydrogens (tertiary/aromatic N) is 1. The van der Waals surface area contributed by atoms with E-state index in [4.69, 9.17) is 0 Å². The second-order valence-corrected chi connectivity index (χ2v) is 6.36. The topological polar surface area (TPSA) is 20.3 Å². The predicted molar refractivity (Wildman–Crippen MR) is 89.5 cm³/mol. The lowest BCUT2D eigenvalue weighted by molar-refractivity contribution is -0.136. The van der Waals surface area contributed by atoms with Crippen LogP contribution < -0.4 is 0 Å². The second kappa shape index (κ2) is 6.05. The molecule has 0 saturated carbocycles. The zero-order valence-electron chi connectivity index (χ0n) is 13.4. The Morgan fingerprint density at radius 2 is 1.09 bits per heavy atom. The molecule has 0 N–H and O–H groups in total. The van der Waals surface area contributed by atoms with Gasteiger partial charge in [-0.1, -0.05) is 74.5 Å². The van der Waals surface area contributed by atoms with Gasteiger partial charge < -0.3 is 0 Å². The minimum atomic E-state index is 0.0161. The summed E-state index contributed by atoms with van der Waals surface area (Å²) >= 11 is 0. The average Bonchev–Trinajstić information content (AvgIpc) is 2.55. The first-order valence-electron chi connectivity index (χ1n) is 7.97. The van der Waals surface area contributed by atoms with Gasteiger partial charge in [0.2, 0.25) is 0 Å². The highest BCUT2D eigenvalue weighted by Gasteiger charge is 2.43. The smallest absolute Gasteiger partial charge is 0.142 e. The molecule has 22 heavy (non-hydrogen) atoms. The lowest BCUT2D eigenvalue weighted by Crippen LogP contribution is -2.47. The van der Waals surface area contributed by atoms with Gasteiger partial charge in [-0.15, -0.1) is 0 Å². The van der Waals surface area contributed by atoms with Crippen molar-refractivity contribution in [3.05, 3.63) is 71.8 Å². The van der Waals surface area contributed by atoms with Gasteiger partial charge in [0.1, 0.15) is 5.78 Å². The van der Waals surface area contributed by atoms with Gasteiger partial charge in [-0.3, -0.25) is 9.69 Å². The third kappa shape index (κ3) is 2.48. The van der Waals surface area contributed by atoms with Gasteiger partial charge in [-0.05, 0) is 18.2 Å². The number of carbonyl (C=O) groups is 1. The van der Waals surface area contributed by atoms with Gasteiger partial charge in [0.15, 0.2) is 0 Å². The molecule has 3 rings (SSSR count). The molecule has 114 valence electrons. The van der Waals surface area contributed by atoms with Crippen molar-refractivity contribution in [1.82, 2.24) is 4.90 Å². The van der Waals surface area contributed by atoms with E-state index in [0.29, 0.717) is 5.78 Å². The van der Waals surface area contributed by atoms with E-state index in [0.717, 1.165) is 0 Å². The SMILES string of the molecule is C[C@@H]1C(=O)[C@H](C)[C@H](c2ccccc2)N(C)[C@H]1c1ccccc1. The number of Topliss-reactive ketones (excluding diaryl/α,β-unsaturated/α-hetero) is 1. The summed E-state index contributed by atoms with van der Waals surface area (Å²) in [5.41, 5.74) is 2.44. The summed E-state index contributed by atoms with van der Waals surface area (Å²) in [6.07, 6.45) is 0. The number of benzene rings is 2. The fourth-order valence-electron chi connectivity index (χ4n) is 3.95. The van der Waals surface area contributed by atoms with Crippen molar-refractivity contribution in [2.75, 3.05) is 7.05 Å². The van der Waals surface area contributed by atoms with Crippen molar-refractivity contribution in [1.29, 1.82) is 0 Å². The third-order valence-corrected chi connectivity index (χ3v) is 5.00. The van der Waals surface area contributed by atoms with E-state index in [1.165, 1.54) is 11.1 Å². The summed E-state index contributed by atoms with van der Waals surface area (Å²) in [6.45, 7) is 4.13. The van der Waals surface area contributed by atoms with Gasteiger partial charge in [0, 0.05) is 23.9 Å². The number of likely N-dealkylation sites (tertiary alicyclic amines) is 1. The standard InChI is InChI=1S/C20H23NO/c1-14-18(16-10-6-4-7-11-16)21(3)19(15(2)20(14)22)17-12-8-5-9-13-17/h4-15,18-19H,1-3H3/t14-,15+,18-,19-/m1/s1. The molecule has 0 aliphatic carbocycles. The number of ketones is 1. The number of carbonyl (C=O) groups excluding carboxylic acids is 1. The zero-order valence-corrected chi connectivity index (χ0v) is 13.4. The average molecular weight is 293 g/mol. The minimum Gasteiger partial charge on any atom is -0.299 e. The van der Waals surface area contributed by atoms with Gasteiger partial charge in [-0.2, -0.15) is 0 Å². The fourth-order valence-corrected chi connectivity index (χ4v) is 3.95. The highest BCUT2D eigenvalue weighted by molar-refractivity contribution is 5.85. The van der Waals surface area contributed by atoms with Crippen LogP contribution >= 0.6 is 0 Å². The highest BCUT2D eigenvalue weighted by atomic mass is 16.1. The number of rotatable bonds is 2. The predicted octanol–water partition coefficient (Wildman–Crippen LogP) is 4.26. The number of hydrogen-bond donors (Lipinski definition) is 0. The normalized spacial score (nSPS) is 29.5. The molecule has 2 aromatic rings. The van der Waals surface area contributed by atoms with E-state index in [1.807, 2.05) is 12.1 Å². The van der Waals surface area contributed by atoms with E-state index < -0.39 is 0 Å². The van der Waals surface area contributed by atoms with E-state index in [2.05, 4.69) is 74.3 Å². The zero-order chi connectivity index (χ0) is 15.7. The Hall–Kier alpha value is -1.93. The molecule has 2 aromatic carbocycles. The molecule has 0 aromatic heterocycles. The van der Waals surface area contributed by atoms with Crippen molar-refractivity contribution >= 4 is 5.78 Å². The van der Waals surface area contributed by atoms with Crippen molar-refractivity contribution in [3.8, 4) is 0 Å². The lowest BCUT2D eigenvalue weighted by Gasteiger charge is -2.46. The van der Waals surface area contributed by atoms with Crippen LogP contribution in [0.1, 0.15) is 37.1 Å². The number of piperidine rings is 1. The summed E-state index contributed by atoms with van der Waals surface area (Å²) in [7, 11) is 2.15. The van der Waals surface area contributed by atoms with E-state index in [1.54, 1.807) is 0 Å². The Morgan fingerprint density at radius 1 is 0.727 bits per heavy atom. The maximum atomic E-state index is 12.8. The Kier molecular flexibility index (Phi) is 4.12. The van der Waals surface area contributed by atoms with Crippen LogP contribution in [0.5, 0.6) is 0 Å². The Balaban J connectivity index is 2.03. The van der Waals surface area contributed by atoms with Gasteiger partial charge in [0.25, 0.3) is 0 Å². The molecule has 0 radical (unpaired) electrons. The molecule has 1 heterocycles. The van der Waals surface area contributed by atoms with E-state index >= 15 is 0 Å². The van der Waals surface area contributed by atoms with Crippen LogP contribution in [-0.4, -0.2) is 17.7 Å². The number of hydrogen-bond acceptors (Lipinski definition) is 2. The van der Waals surface area contributed by atoms with Crippen LogP contribution in [0, 0.1) is 11.8 Å². The molecule has 0 amide bonds. The molecule has 2 heteroatoms. The molecule has 0 spiro atoms. The molecule has 0 bridgehead atoms. The van der Waals surface area contributed by atoms with Gasteiger partial charge in [0.05, 0.1) is 0 Å². The van der Waals surface area contributed by atoms with Gasteiger partial charge in [-0.25, -0.2) is 0 Å². The quantitative estimate of drug-likeness (QED) is 0.824. The molecule has 1 saturated heterocycles. The highest BCUT2D eigenvalue weighted by Crippen LogP contribution is 2.44. The van der Waals surface area contributed by atoms with Crippen LogP contribution in [0.15, 0.2) is 60.7 Å². The molecule has 1 aliphatic heterocycles. The Labute approximate surface area is 132 Å². The minimum absolute atomic E-state index is 0.0161. The Bertz CT molecular complexity index is 582. The first-order valence-corrected chi connectivity index (χ1v) is 7.97. The molecule has 4 atom stereocenters. The molecule has 2 nitrogen and oxygen atoms in total. The van der Waals surface area contributed by atoms with Crippen molar-refractivity contribution in [3.63, 3.8) is 0 Å². The molecular formula is C20H23NO. The van der Waals surface area contributed by atoms with Gasteiger partial charge >= 0.3 is 0 Å². The molecule has 1 fully saturated rings. The molecule has 0 unspecified atom stereocenters. The van der Waals surface area contributed by atoms with Crippen LogP contribution in [-0.2, 0) is 4.79 Å². The molecular weight excluding hydrogens is 270 g/mol. The van der Waals surface area contributed by atoms with Crippen LogP contribution in [0.3, 0.4) is 0 Å². The van der Waals surface area contributed by atoms with Crippen molar-refractivity contribution in [2.45, 2.75) is 25.9 Å². The lowest BCUT2D eigenvalue weighted by atomic mass is 9.75. The van der Waals surface area contributed by atoms with Crippen LogP contribution in [0.25, 0.3) is 0 Å². The summed E-state index contributed by atoms with van der Waals surface area (Å²) in [4.78, 5) is 15.2. The summed E-state index contributed by atoms with van der Waals surface area (Å²) in [5.74, 6) is 0.394.